The van der Waals surface area contributed by atoms with Crippen LogP contribution in [0.15, 0.2) is 36.5 Å². The average molecular weight is 374 g/mol. The van der Waals surface area contributed by atoms with E-state index in [0.29, 0.717) is 49.4 Å². The summed E-state index contributed by atoms with van der Waals surface area (Å²) in [6.07, 6.45) is 1.50. The van der Waals surface area contributed by atoms with Gasteiger partial charge in [-0.3, -0.25) is 4.98 Å². The molecule has 3 rings (SSSR count). The molecule has 0 amide bonds. The van der Waals surface area contributed by atoms with Crippen LogP contribution >= 0.6 is 23.2 Å². The van der Waals surface area contributed by atoms with E-state index in [4.69, 9.17) is 32.7 Å². The number of aromatic nitrogens is 1. The van der Waals surface area contributed by atoms with Crippen LogP contribution < -0.4 is 14.8 Å². The first-order chi connectivity index (χ1) is 12.1. The van der Waals surface area contributed by atoms with Crippen molar-refractivity contribution < 1.29 is 9.47 Å². The van der Waals surface area contributed by atoms with Crippen molar-refractivity contribution in [3.8, 4) is 17.6 Å². The molecule has 3 aromatic rings. The molecule has 1 N–H and O–H groups in total. The number of nitrogens with one attached hydrogen (secondary N) is 1. The first kappa shape index (κ1) is 17.2. The van der Waals surface area contributed by atoms with E-state index in [1.165, 1.54) is 6.20 Å². The van der Waals surface area contributed by atoms with E-state index in [-0.39, 0.29) is 0 Å². The van der Waals surface area contributed by atoms with E-state index in [9.17, 15) is 5.26 Å². The number of rotatable bonds is 4. The Morgan fingerprint density at radius 1 is 1.08 bits per heavy atom. The number of pyridine rings is 1. The second-order valence-corrected chi connectivity index (χ2v) is 5.98. The molecule has 0 bridgehead atoms. The minimum atomic E-state index is 0.380. The molecule has 0 fully saturated rings. The molecule has 0 unspecified atom stereocenters. The first-order valence-electron chi connectivity index (χ1n) is 7.24. The van der Waals surface area contributed by atoms with Gasteiger partial charge in [0.05, 0.1) is 41.7 Å². The Balaban J connectivity index is 2.22. The lowest BCUT2D eigenvalue weighted by Gasteiger charge is -2.15. The van der Waals surface area contributed by atoms with E-state index in [1.54, 1.807) is 44.6 Å². The normalized spacial score (nSPS) is 10.4. The summed E-state index contributed by atoms with van der Waals surface area (Å²) in [6.45, 7) is 0. The van der Waals surface area contributed by atoms with Gasteiger partial charge in [0.25, 0.3) is 0 Å². The van der Waals surface area contributed by atoms with Gasteiger partial charge in [-0.2, -0.15) is 5.26 Å². The van der Waals surface area contributed by atoms with Gasteiger partial charge in [0.2, 0.25) is 0 Å². The first-order valence-corrected chi connectivity index (χ1v) is 8.00. The van der Waals surface area contributed by atoms with E-state index in [2.05, 4.69) is 16.4 Å². The molecule has 7 heteroatoms. The fraction of sp³-hybridized carbons (Fsp3) is 0.111. The smallest absolute Gasteiger partial charge is 0.162 e. The number of hydrogen-bond acceptors (Lipinski definition) is 5. The quantitative estimate of drug-likeness (QED) is 0.682. The van der Waals surface area contributed by atoms with Crippen LogP contribution in [0, 0.1) is 11.3 Å². The topological polar surface area (TPSA) is 67.2 Å². The average Bonchev–Trinajstić information content (AvgIpc) is 2.62. The van der Waals surface area contributed by atoms with Crippen molar-refractivity contribution in [2.75, 3.05) is 19.5 Å². The Kier molecular flexibility index (Phi) is 4.84. The van der Waals surface area contributed by atoms with E-state index >= 15 is 0 Å². The zero-order chi connectivity index (χ0) is 18.0. The zero-order valence-electron chi connectivity index (χ0n) is 13.4. The third kappa shape index (κ3) is 3.27. The number of ether oxygens (including phenoxy) is 2. The molecular weight excluding hydrogens is 361 g/mol. The summed E-state index contributed by atoms with van der Waals surface area (Å²) in [6, 6.07) is 10.8. The van der Waals surface area contributed by atoms with Crippen LogP contribution in [0.25, 0.3) is 10.9 Å². The van der Waals surface area contributed by atoms with Gasteiger partial charge in [-0.25, -0.2) is 0 Å². The largest absolute Gasteiger partial charge is 0.493 e. The predicted octanol–water partition coefficient (Wildman–Crippen LogP) is 5.17. The summed E-state index contributed by atoms with van der Waals surface area (Å²) in [4.78, 5) is 4.32. The lowest BCUT2D eigenvalue weighted by atomic mass is 10.1. The molecule has 0 aliphatic carbocycles. The molecule has 0 aliphatic heterocycles. The Labute approximate surface area is 154 Å². The van der Waals surface area contributed by atoms with Crippen LogP contribution in [0.3, 0.4) is 0 Å². The lowest BCUT2D eigenvalue weighted by Crippen LogP contribution is -1.99. The Hall–Kier alpha value is -2.68. The van der Waals surface area contributed by atoms with E-state index in [1.807, 2.05) is 0 Å². The molecule has 0 radical (unpaired) electrons. The van der Waals surface area contributed by atoms with Crippen molar-refractivity contribution in [1.82, 2.24) is 4.98 Å². The number of methoxy groups -OCH3 is 2. The maximum Gasteiger partial charge on any atom is 0.162 e. The summed E-state index contributed by atoms with van der Waals surface area (Å²) < 4.78 is 10.7. The molecule has 1 aromatic heterocycles. The van der Waals surface area contributed by atoms with Crippen LogP contribution in [-0.2, 0) is 0 Å². The Bertz CT molecular complexity index is 1000. The van der Waals surface area contributed by atoms with Crippen molar-refractivity contribution in [3.05, 3.63) is 52.1 Å². The standard InChI is InChI=1S/C18H13Cl2N3O2/c1-24-16-6-12-15(7-17(16)25-2)22-9-10(8-21)18(12)23-14-4-3-11(19)5-13(14)20/h3-7,9H,1-2H3,(H,22,23). The van der Waals surface area contributed by atoms with Gasteiger partial charge in [-0.05, 0) is 24.3 Å². The van der Waals surface area contributed by atoms with Crippen molar-refractivity contribution in [3.63, 3.8) is 0 Å². The van der Waals surface area contributed by atoms with Gasteiger partial charge in [0.15, 0.2) is 11.5 Å². The molecule has 2 aromatic carbocycles. The minimum absolute atomic E-state index is 0.380. The maximum atomic E-state index is 9.46. The second-order valence-electron chi connectivity index (χ2n) is 5.13. The fourth-order valence-electron chi connectivity index (χ4n) is 2.46. The van der Waals surface area contributed by atoms with Gasteiger partial charge in [0.1, 0.15) is 6.07 Å². The van der Waals surface area contributed by atoms with E-state index < -0.39 is 0 Å². The van der Waals surface area contributed by atoms with Crippen molar-refractivity contribution in [1.29, 1.82) is 5.26 Å². The maximum absolute atomic E-state index is 9.46. The number of fused-ring (bicyclic) bond motifs is 1. The number of hydrogen-bond donors (Lipinski definition) is 1. The number of anilines is 2. The molecule has 0 saturated heterocycles. The second kappa shape index (κ2) is 7.06. The number of halogens is 2. The van der Waals surface area contributed by atoms with E-state index in [0.717, 1.165) is 0 Å². The highest BCUT2D eigenvalue weighted by Gasteiger charge is 2.15. The van der Waals surface area contributed by atoms with Crippen LogP contribution in [0.5, 0.6) is 11.5 Å². The predicted molar refractivity (Wildman–Crippen MR) is 99.3 cm³/mol. The van der Waals surface area contributed by atoms with Crippen molar-refractivity contribution >= 4 is 45.5 Å². The lowest BCUT2D eigenvalue weighted by molar-refractivity contribution is 0.356. The van der Waals surface area contributed by atoms with Crippen molar-refractivity contribution in [2.45, 2.75) is 0 Å². The fourth-order valence-corrected chi connectivity index (χ4v) is 2.92. The van der Waals surface area contributed by atoms with Gasteiger partial charge in [-0.15, -0.1) is 0 Å². The highest BCUT2D eigenvalue weighted by Crippen LogP contribution is 2.38. The molecule has 0 aliphatic rings. The van der Waals surface area contributed by atoms with Crippen LogP contribution in [0.4, 0.5) is 11.4 Å². The Morgan fingerprint density at radius 2 is 1.80 bits per heavy atom. The summed E-state index contributed by atoms with van der Waals surface area (Å²) in [5.41, 5.74) is 2.25. The Morgan fingerprint density at radius 3 is 2.44 bits per heavy atom. The van der Waals surface area contributed by atoms with Gasteiger partial charge in [-0.1, -0.05) is 23.2 Å². The molecule has 0 atom stereocenters. The van der Waals surface area contributed by atoms with Crippen LogP contribution in [0.1, 0.15) is 5.56 Å². The highest BCUT2D eigenvalue weighted by atomic mass is 35.5. The molecule has 0 saturated carbocycles. The summed E-state index contributed by atoms with van der Waals surface area (Å²) in [5.74, 6) is 1.10. The summed E-state index contributed by atoms with van der Waals surface area (Å²) in [5, 5.41) is 14.3. The van der Waals surface area contributed by atoms with Gasteiger partial charge in [0, 0.05) is 22.7 Å². The molecule has 1 heterocycles. The highest BCUT2D eigenvalue weighted by molar-refractivity contribution is 6.36. The van der Waals surface area contributed by atoms with Gasteiger partial charge >= 0.3 is 0 Å². The molecule has 0 spiro atoms. The van der Waals surface area contributed by atoms with Gasteiger partial charge < -0.3 is 14.8 Å². The SMILES string of the molecule is COc1cc2ncc(C#N)c(Nc3ccc(Cl)cc3Cl)c2cc1OC. The van der Waals surface area contributed by atoms with Crippen molar-refractivity contribution in [2.24, 2.45) is 0 Å². The third-order valence-electron chi connectivity index (χ3n) is 3.68. The number of nitriles is 1. The molecule has 25 heavy (non-hydrogen) atoms. The molecule has 5 nitrogen and oxygen atoms in total. The number of nitrogens with zero attached hydrogens (tertiary/aromatic N) is 2. The minimum Gasteiger partial charge on any atom is -0.493 e. The number of benzene rings is 2. The summed E-state index contributed by atoms with van der Waals surface area (Å²) in [7, 11) is 3.11. The molecular formula is C18H13Cl2N3O2. The summed E-state index contributed by atoms with van der Waals surface area (Å²) >= 11 is 12.2. The monoisotopic (exact) mass is 373 g/mol. The zero-order valence-corrected chi connectivity index (χ0v) is 14.9. The third-order valence-corrected chi connectivity index (χ3v) is 4.23. The molecule has 126 valence electrons. The van der Waals surface area contributed by atoms with Crippen LogP contribution in [0.2, 0.25) is 10.0 Å². The van der Waals surface area contributed by atoms with Crippen LogP contribution in [-0.4, -0.2) is 19.2 Å².